The molecule has 7 nitrogen and oxygen atoms in total. The molecular formula is C37H36Cl2FN5O2. The van der Waals surface area contributed by atoms with Crippen molar-refractivity contribution >= 4 is 50.9 Å². The Hall–Kier alpha value is -3.22. The summed E-state index contributed by atoms with van der Waals surface area (Å²) in [6.45, 7) is 6.40. The maximum Gasteiger partial charge on any atom is 0.229 e. The molecule has 2 unspecified atom stereocenters. The van der Waals surface area contributed by atoms with E-state index in [2.05, 4.69) is 33.8 Å². The topological polar surface area (TPSA) is 94.2 Å². The third-order valence-corrected chi connectivity index (χ3v) is 12.8. The largest absolute Gasteiger partial charge is 0.387 e. The lowest BCUT2D eigenvalue weighted by Crippen LogP contribution is -2.42. The number of aliphatic hydroxyl groups excluding tert-OH is 1. The molecule has 242 valence electrons. The summed E-state index contributed by atoms with van der Waals surface area (Å²) >= 11 is 13.1. The molecule has 6 aliphatic rings. The number of likely N-dealkylation sites (tertiary alicyclic amines) is 1. The van der Waals surface area contributed by atoms with E-state index in [1.807, 2.05) is 6.07 Å². The molecule has 3 saturated heterocycles. The van der Waals surface area contributed by atoms with Crippen molar-refractivity contribution in [3.63, 3.8) is 0 Å². The molecule has 8 atom stereocenters. The summed E-state index contributed by atoms with van der Waals surface area (Å²) in [5.74, 6) is -0.121. The molecule has 5 heterocycles. The first-order valence-corrected chi connectivity index (χ1v) is 17.6. The summed E-state index contributed by atoms with van der Waals surface area (Å²) < 4.78 is 19.6. The van der Waals surface area contributed by atoms with Crippen molar-refractivity contribution in [2.24, 2.45) is 17.3 Å². The van der Waals surface area contributed by atoms with Gasteiger partial charge >= 0.3 is 0 Å². The molecule has 2 aromatic heterocycles. The minimum absolute atomic E-state index is 0.0973. The maximum atomic E-state index is 17.2. The van der Waals surface area contributed by atoms with Crippen LogP contribution in [0, 0.1) is 34.4 Å². The van der Waals surface area contributed by atoms with Gasteiger partial charge in [-0.1, -0.05) is 42.3 Å². The van der Waals surface area contributed by atoms with Crippen molar-refractivity contribution in [2.45, 2.75) is 89.1 Å². The summed E-state index contributed by atoms with van der Waals surface area (Å²) in [6.07, 6.45) is 3.88. The van der Waals surface area contributed by atoms with Crippen LogP contribution in [0.2, 0.25) is 10.0 Å². The minimum atomic E-state index is -0.975. The second-order valence-electron chi connectivity index (χ2n) is 15.0. The second-order valence-corrected chi connectivity index (χ2v) is 15.8. The minimum Gasteiger partial charge on any atom is -0.387 e. The van der Waals surface area contributed by atoms with Crippen LogP contribution in [0.5, 0.6) is 0 Å². The van der Waals surface area contributed by atoms with Crippen LogP contribution < -0.4 is 5.32 Å². The van der Waals surface area contributed by atoms with Crippen LogP contribution in [0.15, 0.2) is 30.3 Å². The summed E-state index contributed by atoms with van der Waals surface area (Å²) in [6, 6.07) is 12.0. The van der Waals surface area contributed by atoms with E-state index in [1.54, 1.807) is 32.0 Å². The van der Waals surface area contributed by atoms with Crippen molar-refractivity contribution < 1.29 is 14.3 Å². The van der Waals surface area contributed by atoms with E-state index >= 15 is 4.39 Å². The molecule has 2 N–H and O–H groups in total. The molecule has 10 rings (SSSR count). The Bertz CT molecular complexity index is 2070. The Kier molecular flexibility index (Phi) is 6.45. The number of nitriles is 1. The van der Waals surface area contributed by atoms with Gasteiger partial charge in [0.15, 0.2) is 5.82 Å². The number of benzene rings is 2. The van der Waals surface area contributed by atoms with Crippen molar-refractivity contribution in [3.8, 4) is 17.2 Å². The number of aromatic nitrogens is 2. The summed E-state index contributed by atoms with van der Waals surface area (Å²) in [4.78, 5) is 21.0. The van der Waals surface area contributed by atoms with Crippen molar-refractivity contribution in [1.82, 2.24) is 19.8 Å². The third-order valence-electron chi connectivity index (χ3n) is 12.0. The lowest BCUT2D eigenvalue weighted by Gasteiger charge is -2.40. The van der Waals surface area contributed by atoms with Crippen LogP contribution in [0.25, 0.3) is 32.9 Å². The lowest BCUT2D eigenvalue weighted by molar-refractivity contribution is -0.138. The predicted molar refractivity (Wildman–Crippen MR) is 180 cm³/mol. The maximum absolute atomic E-state index is 17.2. The zero-order valence-electron chi connectivity index (χ0n) is 26.5. The highest BCUT2D eigenvalue weighted by Gasteiger charge is 2.60. The first-order valence-electron chi connectivity index (χ1n) is 16.8. The SMILES string of the molecule is CC(O)c1nc2c(F)c(-c3cccc(Cl)c3Cl)c(C(C)C#N)cc2c2c1cc([C@H]1C[C@H]3C[C@H]3N1C(=O)C1(C)CC1)n2[C@H]1[C@H]2CN[C@@H]1C2. The van der Waals surface area contributed by atoms with Crippen LogP contribution in [-0.4, -0.2) is 44.1 Å². The molecule has 2 bridgehead atoms. The molecule has 1 amide bonds. The fraction of sp³-hybridized carbons (Fsp3) is 0.486. The van der Waals surface area contributed by atoms with Gasteiger partial charge in [0.25, 0.3) is 0 Å². The Balaban J connectivity index is 1.36. The zero-order chi connectivity index (χ0) is 32.7. The molecule has 0 radical (unpaired) electrons. The smallest absolute Gasteiger partial charge is 0.229 e. The summed E-state index contributed by atoms with van der Waals surface area (Å²) in [7, 11) is 0. The van der Waals surface area contributed by atoms with Crippen molar-refractivity contribution in [1.29, 1.82) is 5.26 Å². The number of rotatable bonds is 6. The van der Waals surface area contributed by atoms with E-state index in [9.17, 15) is 15.2 Å². The number of pyridine rings is 1. The van der Waals surface area contributed by atoms with Crippen LogP contribution >= 0.6 is 23.2 Å². The molecule has 6 fully saturated rings. The number of nitrogens with one attached hydrogen (secondary N) is 1. The molecule has 3 aliphatic carbocycles. The fourth-order valence-electron chi connectivity index (χ4n) is 8.99. The van der Waals surface area contributed by atoms with Gasteiger partial charge in [0.2, 0.25) is 5.91 Å². The molecule has 3 aliphatic heterocycles. The monoisotopic (exact) mass is 671 g/mol. The van der Waals surface area contributed by atoms with E-state index in [1.165, 1.54) is 0 Å². The molecule has 4 aromatic rings. The average molecular weight is 673 g/mol. The average Bonchev–Trinajstić information content (AvgIpc) is 3.68. The molecular weight excluding hydrogens is 636 g/mol. The molecule has 3 saturated carbocycles. The van der Waals surface area contributed by atoms with Crippen LogP contribution in [0.3, 0.4) is 0 Å². The zero-order valence-corrected chi connectivity index (χ0v) is 28.0. The van der Waals surface area contributed by atoms with E-state index in [0.717, 1.165) is 55.2 Å². The molecule has 47 heavy (non-hydrogen) atoms. The van der Waals surface area contributed by atoms with Gasteiger partial charge in [-0.05, 0) is 81.5 Å². The van der Waals surface area contributed by atoms with E-state index in [0.29, 0.717) is 34.0 Å². The van der Waals surface area contributed by atoms with E-state index in [4.69, 9.17) is 28.2 Å². The van der Waals surface area contributed by atoms with Crippen molar-refractivity contribution in [3.05, 3.63) is 63.1 Å². The third kappa shape index (κ3) is 4.16. The van der Waals surface area contributed by atoms with Gasteiger partial charge in [-0.25, -0.2) is 9.37 Å². The van der Waals surface area contributed by atoms with E-state index < -0.39 is 17.8 Å². The quantitative estimate of drug-likeness (QED) is 0.217. The van der Waals surface area contributed by atoms with Gasteiger partial charge in [-0.3, -0.25) is 4.79 Å². The van der Waals surface area contributed by atoms with Gasteiger partial charge < -0.3 is 19.9 Å². The number of hydrogen-bond donors (Lipinski definition) is 2. The number of piperidine rings is 1. The highest BCUT2D eigenvalue weighted by molar-refractivity contribution is 6.43. The standard InChI is InChI=1S/C37H36Cl2FN5O2/c1-16(14-41)21-12-22-33(31(40)29(21)20-5-4-6-24(38)30(20)39)43-32(17(2)46)23-13-28(45(35(22)23)34-19-9-25(34)42-15-19)27-11-18-10-26(18)44(27)36(47)37(3)7-8-37/h4-6,12-13,16-19,25-27,34,42,46H,7-11,15H2,1-3H3/t16?,17?,18-,19-,25-,26-,27-,34+/m1/s1. The highest BCUT2D eigenvalue weighted by atomic mass is 35.5. The lowest BCUT2D eigenvalue weighted by atomic mass is 9.79. The van der Waals surface area contributed by atoms with Gasteiger partial charge in [0, 0.05) is 51.6 Å². The summed E-state index contributed by atoms with van der Waals surface area (Å²) in [5.41, 5.74) is 3.16. The number of fused-ring (bicyclic) bond motifs is 5. The first kappa shape index (κ1) is 29.9. The van der Waals surface area contributed by atoms with Gasteiger partial charge in [0.1, 0.15) is 5.52 Å². The number of nitrogens with zero attached hydrogens (tertiary/aromatic N) is 4. The van der Waals surface area contributed by atoms with Gasteiger partial charge in [0.05, 0.1) is 51.4 Å². The molecule has 2 aromatic carbocycles. The predicted octanol–water partition coefficient (Wildman–Crippen LogP) is 7.98. The van der Waals surface area contributed by atoms with Crippen LogP contribution in [0.1, 0.15) is 93.9 Å². The number of aliphatic hydroxyl groups is 1. The number of carbonyl (C=O) groups is 1. The molecule has 0 spiro atoms. The van der Waals surface area contributed by atoms with Crippen LogP contribution in [0.4, 0.5) is 4.39 Å². The first-order chi connectivity index (χ1) is 22.5. The number of carbonyl (C=O) groups excluding carboxylic acids is 1. The number of halogens is 3. The molecule has 10 heteroatoms. The normalized spacial score (nSPS) is 29.4. The Labute approximate surface area is 282 Å². The van der Waals surface area contributed by atoms with Crippen LogP contribution in [-0.2, 0) is 4.79 Å². The number of amides is 1. The number of hydrogen-bond acceptors (Lipinski definition) is 5. The fourth-order valence-corrected chi connectivity index (χ4v) is 9.38. The van der Waals surface area contributed by atoms with Gasteiger partial charge in [-0.2, -0.15) is 5.26 Å². The van der Waals surface area contributed by atoms with E-state index in [-0.39, 0.29) is 56.6 Å². The highest BCUT2D eigenvalue weighted by Crippen LogP contribution is 2.60. The Morgan fingerprint density at radius 2 is 1.96 bits per heavy atom. The Morgan fingerprint density at radius 1 is 1.17 bits per heavy atom. The second kappa shape index (κ2) is 10.1. The van der Waals surface area contributed by atoms with Crippen molar-refractivity contribution in [2.75, 3.05) is 6.54 Å². The Morgan fingerprint density at radius 3 is 2.62 bits per heavy atom. The van der Waals surface area contributed by atoms with Gasteiger partial charge in [-0.15, -0.1) is 0 Å². The summed E-state index contributed by atoms with van der Waals surface area (Å²) in [5, 5.41) is 26.8.